The summed E-state index contributed by atoms with van der Waals surface area (Å²) in [7, 11) is 0. The number of aryl methyl sites for hydroxylation is 1. The van der Waals surface area contributed by atoms with Gasteiger partial charge in [-0.1, -0.05) is 35.9 Å². The average Bonchev–Trinajstić information content (AvgIpc) is 2.16. The van der Waals surface area contributed by atoms with E-state index in [2.05, 4.69) is 43.6 Å². The number of hydrogen-bond donors (Lipinski definition) is 0. The van der Waals surface area contributed by atoms with Gasteiger partial charge in [0.25, 0.3) is 0 Å². The summed E-state index contributed by atoms with van der Waals surface area (Å²) in [5, 5.41) is 0. The Kier molecular flexibility index (Phi) is 4.24. The fourth-order valence-electron chi connectivity index (χ4n) is 1.40. The number of pyridine rings is 1. The molecule has 0 amide bonds. The molecule has 0 fully saturated rings. The third-order valence-corrected chi connectivity index (χ3v) is 2.05. The zero-order valence-corrected chi connectivity index (χ0v) is 10.5. The standard InChI is InChI=1S/C15H19N/c1-11(2)8-14(9-12(3)4)15-7-6-13(5)10-16-15/h6-10H,1H2,2-5H3/b14-8+. The fraction of sp³-hybridized carbons (Fsp3) is 0.267. The van der Waals surface area contributed by atoms with Gasteiger partial charge in [-0.3, -0.25) is 4.98 Å². The molecule has 0 aliphatic heterocycles. The Labute approximate surface area is 98.2 Å². The minimum Gasteiger partial charge on any atom is -0.256 e. The van der Waals surface area contributed by atoms with Crippen LogP contribution in [0.25, 0.3) is 5.57 Å². The normalized spacial score (nSPS) is 11.1. The van der Waals surface area contributed by atoms with Gasteiger partial charge in [0.15, 0.2) is 0 Å². The quantitative estimate of drug-likeness (QED) is 0.681. The SMILES string of the molecule is C=C(C)/C=C(\C=C(C)C)c1ccc(C)cn1. The van der Waals surface area contributed by atoms with Crippen molar-refractivity contribution in [2.75, 3.05) is 0 Å². The van der Waals surface area contributed by atoms with Gasteiger partial charge >= 0.3 is 0 Å². The van der Waals surface area contributed by atoms with Crippen molar-refractivity contribution in [1.29, 1.82) is 0 Å². The highest BCUT2D eigenvalue weighted by Crippen LogP contribution is 2.17. The summed E-state index contributed by atoms with van der Waals surface area (Å²) in [6.07, 6.45) is 6.08. The van der Waals surface area contributed by atoms with Gasteiger partial charge in [-0.05, 0) is 39.3 Å². The summed E-state index contributed by atoms with van der Waals surface area (Å²) in [4.78, 5) is 4.43. The molecule has 0 radical (unpaired) electrons. The van der Waals surface area contributed by atoms with Gasteiger partial charge in [-0.15, -0.1) is 0 Å². The summed E-state index contributed by atoms with van der Waals surface area (Å²) in [6.45, 7) is 12.1. The number of hydrogen-bond acceptors (Lipinski definition) is 1. The average molecular weight is 213 g/mol. The number of aromatic nitrogens is 1. The van der Waals surface area contributed by atoms with Crippen LogP contribution in [0.1, 0.15) is 32.0 Å². The summed E-state index contributed by atoms with van der Waals surface area (Å²) in [5.74, 6) is 0. The van der Waals surface area contributed by atoms with E-state index in [0.29, 0.717) is 0 Å². The van der Waals surface area contributed by atoms with Crippen molar-refractivity contribution >= 4 is 5.57 Å². The second kappa shape index (κ2) is 5.45. The Balaban J connectivity index is 3.16. The van der Waals surface area contributed by atoms with Crippen LogP contribution in [0.3, 0.4) is 0 Å². The maximum atomic E-state index is 4.43. The first-order valence-electron chi connectivity index (χ1n) is 5.44. The first-order valence-corrected chi connectivity index (χ1v) is 5.44. The van der Waals surface area contributed by atoms with Gasteiger partial charge in [0, 0.05) is 11.8 Å². The van der Waals surface area contributed by atoms with E-state index in [1.54, 1.807) is 0 Å². The summed E-state index contributed by atoms with van der Waals surface area (Å²) < 4.78 is 0. The molecule has 0 atom stereocenters. The van der Waals surface area contributed by atoms with Gasteiger partial charge < -0.3 is 0 Å². The summed E-state index contributed by atoms with van der Waals surface area (Å²) in [5.41, 5.74) is 5.59. The zero-order chi connectivity index (χ0) is 12.1. The number of nitrogens with zero attached hydrogens (tertiary/aromatic N) is 1. The molecule has 0 spiro atoms. The van der Waals surface area contributed by atoms with E-state index < -0.39 is 0 Å². The highest BCUT2D eigenvalue weighted by atomic mass is 14.7. The van der Waals surface area contributed by atoms with Crippen LogP contribution in [0.5, 0.6) is 0 Å². The van der Waals surface area contributed by atoms with Crippen molar-refractivity contribution in [1.82, 2.24) is 4.98 Å². The van der Waals surface area contributed by atoms with Crippen LogP contribution in [0.15, 0.2) is 48.2 Å². The van der Waals surface area contributed by atoms with E-state index in [-0.39, 0.29) is 0 Å². The lowest BCUT2D eigenvalue weighted by molar-refractivity contribution is 1.23. The Bertz CT molecular complexity index is 429. The highest BCUT2D eigenvalue weighted by molar-refractivity contribution is 5.74. The van der Waals surface area contributed by atoms with Gasteiger partial charge in [0.2, 0.25) is 0 Å². The van der Waals surface area contributed by atoms with Crippen molar-refractivity contribution in [2.24, 2.45) is 0 Å². The molecule has 0 unspecified atom stereocenters. The van der Waals surface area contributed by atoms with E-state index in [0.717, 1.165) is 16.8 Å². The molecule has 0 aliphatic rings. The molecule has 1 heteroatoms. The van der Waals surface area contributed by atoms with Crippen LogP contribution in [0.2, 0.25) is 0 Å². The Hall–Kier alpha value is -1.63. The van der Waals surface area contributed by atoms with Crippen LogP contribution in [-0.2, 0) is 0 Å². The molecule has 1 aromatic heterocycles. The maximum Gasteiger partial charge on any atom is 0.0702 e. The topological polar surface area (TPSA) is 12.9 Å². The predicted molar refractivity (Wildman–Crippen MR) is 71.2 cm³/mol. The molecule has 16 heavy (non-hydrogen) atoms. The Morgan fingerprint density at radius 2 is 1.88 bits per heavy atom. The van der Waals surface area contributed by atoms with Crippen molar-refractivity contribution < 1.29 is 0 Å². The smallest absolute Gasteiger partial charge is 0.0702 e. The van der Waals surface area contributed by atoms with Crippen LogP contribution < -0.4 is 0 Å². The molecule has 1 aromatic rings. The molecular formula is C15H19N. The van der Waals surface area contributed by atoms with Gasteiger partial charge in [0.05, 0.1) is 5.69 Å². The van der Waals surface area contributed by atoms with Gasteiger partial charge in [-0.25, -0.2) is 0 Å². The summed E-state index contributed by atoms with van der Waals surface area (Å²) in [6, 6.07) is 4.12. The Morgan fingerprint density at radius 1 is 1.19 bits per heavy atom. The predicted octanol–water partition coefficient (Wildman–Crippen LogP) is 4.32. The van der Waals surface area contributed by atoms with Crippen LogP contribution in [0.4, 0.5) is 0 Å². The molecule has 0 aromatic carbocycles. The van der Waals surface area contributed by atoms with Crippen LogP contribution in [0, 0.1) is 6.92 Å². The molecule has 0 saturated carbocycles. The first kappa shape index (κ1) is 12.4. The fourth-order valence-corrected chi connectivity index (χ4v) is 1.40. The maximum absolute atomic E-state index is 4.43. The number of allylic oxidation sites excluding steroid dienone is 5. The molecule has 1 heterocycles. The lowest BCUT2D eigenvalue weighted by Gasteiger charge is -2.04. The minimum atomic E-state index is 0.995. The van der Waals surface area contributed by atoms with E-state index in [1.165, 1.54) is 11.1 Å². The monoisotopic (exact) mass is 213 g/mol. The molecule has 84 valence electrons. The van der Waals surface area contributed by atoms with E-state index >= 15 is 0 Å². The third kappa shape index (κ3) is 3.85. The second-order valence-corrected chi connectivity index (χ2v) is 4.39. The van der Waals surface area contributed by atoms with Crippen molar-refractivity contribution in [3.8, 4) is 0 Å². The lowest BCUT2D eigenvalue weighted by Crippen LogP contribution is -1.88. The van der Waals surface area contributed by atoms with Gasteiger partial charge in [0.1, 0.15) is 0 Å². The van der Waals surface area contributed by atoms with E-state index in [9.17, 15) is 0 Å². The van der Waals surface area contributed by atoms with E-state index in [1.807, 2.05) is 26.1 Å². The second-order valence-electron chi connectivity index (χ2n) is 4.39. The largest absolute Gasteiger partial charge is 0.256 e. The first-order chi connectivity index (χ1) is 7.49. The van der Waals surface area contributed by atoms with Crippen molar-refractivity contribution in [2.45, 2.75) is 27.7 Å². The highest BCUT2D eigenvalue weighted by Gasteiger charge is 1.99. The lowest BCUT2D eigenvalue weighted by atomic mass is 10.1. The minimum absolute atomic E-state index is 0.995. The molecular weight excluding hydrogens is 194 g/mol. The van der Waals surface area contributed by atoms with Gasteiger partial charge in [-0.2, -0.15) is 0 Å². The number of rotatable bonds is 3. The summed E-state index contributed by atoms with van der Waals surface area (Å²) >= 11 is 0. The molecule has 0 bridgehead atoms. The molecule has 1 nitrogen and oxygen atoms in total. The van der Waals surface area contributed by atoms with E-state index in [4.69, 9.17) is 0 Å². The third-order valence-electron chi connectivity index (χ3n) is 2.05. The molecule has 0 saturated heterocycles. The zero-order valence-electron chi connectivity index (χ0n) is 10.5. The molecule has 1 rings (SSSR count). The molecule has 0 N–H and O–H groups in total. The van der Waals surface area contributed by atoms with Crippen LogP contribution >= 0.6 is 0 Å². The van der Waals surface area contributed by atoms with Crippen molar-refractivity contribution in [3.05, 3.63) is 59.5 Å². The van der Waals surface area contributed by atoms with Crippen LogP contribution in [-0.4, -0.2) is 4.98 Å². The Morgan fingerprint density at radius 3 is 2.31 bits per heavy atom. The van der Waals surface area contributed by atoms with Crippen molar-refractivity contribution in [3.63, 3.8) is 0 Å². The molecule has 0 aliphatic carbocycles.